The van der Waals surface area contributed by atoms with Crippen LogP contribution in [0.15, 0.2) is 0 Å². The summed E-state index contributed by atoms with van der Waals surface area (Å²) in [5, 5.41) is 0. The zero-order valence-corrected chi connectivity index (χ0v) is 9.69. The maximum atomic E-state index is 11.4. The predicted molar refractivity (Wildman–Crippen MR) is 57.4 cm³/mol. The topological polar surface area (TPSA) is 43.9 Å². The molecule has 0 unspecified atom stereocenters. The van der Waals surface area contributed by atoms with Crippen molar-refractivity contribution in [3.05, 3.63) is 0 Å². The van der Waals surface area contributed by atoms with E-state index in [0.29, 0.717) is 6.54 Å². The number of nitrogens with zero attached hydrogens (tertiary/aromatic N) is 3. The average Bonchev–Trinajstić information content (AvgIpc) is 2.18. The van der Waals surface area contributed by atoms with E-state index in [0.717, 1.165) is 26.2 Å². The van der Waals surface area contributed by atoms with Crippen LogP contribution in [0.2, 0.25) is 0 Å². The molecule has 0 aromatic rings. The lowest BCUT2D eigenvalue weighted by Crippen LogP contribution is -2.50. The standard InChI is InChI=1S/C10H19N3O2/c1-9(14)13-6-4-12(5-7-13)8-10(15)11(2)3/h4-8H2,1-3H3. The summed E-state index contributed by atoms with van der Waals surface area (Å²) in [5.41, 5.74) is 0. The second-order valence-electron chi connectivity index (χ2n) is 4.07. The van der Waals surface area contributed by atoms with Crippen molar-refractivity contribution in [2.45, 2.75) is 6.92 Å². The molecule has 1 rings (SSSR count). The molecule has 0 saturated carbocycles. The molecule has 86 valence electrons. The number of rotatable bonds is 2. The van der Waals surface area contributed by atoms with Gasteiger partial charge in [-0.1, -0.05) is 0 Å². The molecule has 2 amide bonds. The lowest BCUT2D eigenvalue weighted by Gasteiger charge is -2.34. The van der Waals surface area contributed by atoms with Crippen LogP contribution in [0.4, 0.5) is 0 Å². The number of piperazine rings is 1. The fourth-order valence-electron chi connectivity index (χ4n) is 1.55. The Kier molecular flexibility index (Phi) is 4.08. The predicted octanol–water partition coefficient (Wildman–Crippen LogP) is -0.761. The minimum absolute atomic E-state index is 0.117. The van der Waals surface area contributed by atoms with Crippen molar-refractivity contribution in [3.63, 3.8) is 0 Å². The van der Waals surface area contributed by atoms with E-state index in [1.807, 2.05) is 4.90 Å². The number of hydrogen-bond acceptors (Lipinski definition) is 3. The minimum atomic E-state index is 0.117. The molecule has 0 atom stereocenters. The lowest BCUT2D eigenvalue weighted by atomic mass is 10.3. The third kappa shape index (κ3) is 3.51. The van der Waals surface area contributed by atoms with E-state index in [9.17, 15) is 9.59 Å². The van der Waals surface area contributed by atoms with Gasteiger partial charge in [0.15, 0.2) is 0 Å². The molecule has 5 nitrogen and oxygen atoms in total. The van der Waals surface area contributed by atoms with Crippen molar-refractivity contribution in [3.8, 4) is 0 Å². The Morgan fingerprint density at radius 3 is 2.07 bits per heavy atom. The van der Waals surface area contributed by atoms with Gasteiger partial charge < -0.3 is 9.80 Å². The molecular formula is C10H19N3O2. The van der Waals surface area contributed by atoms with E-state index in [1.165, 1.54) is 0 Å². The molecule has 1 heterocycles. The molecule has 15 heavy (non-hydrogen) atoms. The number of likely N-dealkylation sites (N-methyl/N-ethyl adjacent to an activating group) is 1. The molecule has 0 aromatic heterocycles. The molecule has 1 saturated heterocycles. The van der Waals surface area contributed by atoms with Gasteiger partial charge in [0.2, 0.25) is 11.8 Å². The zero-order chi connectivity index (χ0) is 11.4. The van der Waals surface area contributed by atoms with Gasteiger partial charge in [0, 0.05) is 47.2 Å². The number of carbonyl (C=O) groups excluding carboxylic acids is 2. The van der Waals surface area contributed by atoms with Crippen LogP contribution >= 0.6 is 0 Å². The van der Waals surface area contributed by atoms with Crippen LogP contribution in [0.25, 0.3) is 0 Å². The normalized spacial score (nSPS) is 17.7. The van der Waals surface area contributed by atoms with Crippen molar-refractivity contribution in [1.82, 2.24) is 14.7 Å². The molecule has 0 aromatic carbocycles. The third-order valence-corrected chi connectivity index (χ3v) is 2.68. The van der Waals surface area contributed by atoms with Crippen LogP contribution < -0.4 is 0 Å². The second-order valence-corrected chi connectivity index (χ2v) is 4.07. The average molecular weight is 213 g/mol. The van der Waals surface area contributed by atoms with Gasteiger partial charge in [-0.25, -0.2) is 0 Å². The van der Waals surface area contributed by atoms with Gasteiger partial charge in [0.25, 0.3) is 0 Å². The van der Waals surface area contributed by atoms with Gasteiger partial charge in [-0.2, -0.15) is 0 Å². The summed E-state index contributed by atoms with van der Waals surface area (Å²) in [5.74, 6) is 0.236. The first-order chi connectivity index (χ1) is 7.00. The molecule has 1 aliphatic heterocycles. The Morgan fingerprint density at radius 1 is 1.13 bits per heavy atom. The van der Waals surface area contributed by atoms with Gasteiger partial charge >= 0.3 is 0 Å². The Morgan fingerprint density at radius 2 is 1.67 bits per heavy atom. The van der Waals surface area contributed by atoms with E-state index in [2.05, 4.69) is 4.90 Å². The Balaban J connectivity index is 2.32. The van der Waals surface area contributed by atoms with E-state index in [1.54, 1.807) is 25.9 Å². The fourth-order valence-corrected chi connectivity index (χ4v) is 1.55. The highest BCUT2D eigenvalue weighted by atomic mass is 16.2. The number of carbonyl (C=O) groups is 2. The maximum absolute atomic E-state index is 11.4. The molecule has 0 radical (unpaired) electrons. The summed E-state index contributed by atoms with van der Waals surface area (Å²) >= 11 is 0. The summed E-state index contributed by atoms with van der Waals surface area (Å²) in [6, 6.07) is 0. The Hall–Kier alpha value is -1.10. The molecule has 5 heteroatoms. The summed E-state index contributed by atoms with van der Waals surface area (Å²) in [7, 11) is 3.52. The van der Waals surface area contributed by atoms with Crippen molar-refractivity contribution in [2.24, 2.45) is 0 Å². The van der Waals surface area contributed by atoms with Gasteiger partial charge in [-0.3, -0.25) is 14.5 Å². The first-order valence-electron chi connectivity index (χ1n) is 5.18. The second kappa shape index (κ2) is 5.11. The minimum Gasteiger partial charge on any atom is -0.348 e. The fraction of sp³-hybridized carbons (Fsp3) is 0.800. The molecule has 1 aliphatic rings. The van der Waals surface area contributed by atoms with Crippen LogP contribution in [0, 0.1) is 0 Å². The van der Waals surface area contributed by atoms with E-state index in [-0.39, 0.29) is 11.8 Å². The first-order valence-corrected chi connectivity index (χ1v) is 5.18. The molecule has 0 N–H and O–H groups in total. The van der Waals surface area contributed by atoms with Gasteiger partial charge in [0.05, 0.1) is 6.54 Å². The lowest BCUT2D eigenvalue weighted by molar-refractivity contribution is -0.132. The van der Waals surface area contributed by atoms with Gasteiger partial charge in [-0.05, 0) is 0 Å². The van der Waals surface area contributed by atoms with Crippen LogP contribution in [0.5, 0.6) is 0 Å². The molecular weight excluding hydrogens is 194 g/mol. The maximum Gasteiger partial charge on any atom is 0.236 e. The highest BCUT2D eigenvalue weighted by molar-refractivity contribution is 5.77. The van der Waals surface area contributed by atoms with E-state index < -0.39 is 0 Å². The van der Waals surface area contributed by atoms with Crippen LogP contribution in [-0.2, 0) is 9.59 Å². The Labute approximate surface area is 90.6 Å². The SMILES string of the molecule is CC(=O)N1CCN(CC(=O)N(C)C)CC1. The summed E-state index contributed by atoms with van der Waals surface area (Å²) < 4.78 is 0. The zero-order valence-electron chi connectivity index (χ0n) is 9.69. The largest absolute Gasteiger partial charge is 0.348 e. The van der Waals surface area contributed by atoms with Crippen LogP contribution in [0.1, 0.15) is 6.92 Å². The van der Waals surface area contributed by atoms with Gasteiger partial charge in [-0.15, -0.1) is 0 Å². The highest BCUT2D eigenvalue weighted by Gasteiger charge is 2.20. The van der Waals surface area contributed by atoms with Crippen LogP contribution in [-0.4, -0.2) is 73.3 Å². The van der Waals surface area contributed by atoms with Crippen molar-refractivity contribution in [1.29, 1.82) is 0 Å². The summed E-state index contributed by atoms with van der Waals surface area (Å²) in [6.45, 7) is 5.09. The van der Waals surface area contributed by atoms with E-state index in [4.69, 9.17) is 0 Å². The van der Waals surface area contributed by atoms with Crippen molar-refractivity contribution in [2.75, 3.05) is 46.8 Å². The van der Waals surface area contributed by atoms with Crippen molar-refractivity contribution < 1.29 is 9.59 Å². The summed E-state index contributed by atoms with van der Waals surface area (Å²) in [4.78, 5) is 28.0. The van der Waals surface area contributed by atoms with Gasteiger partial charge in [0.1, 0.15) is 0 Å². The highest BCUT2D eigenvalue weighted by Crippen LogP contribution is 2.01. The quantitative estimate of drug-likeness (QED) is 0.605. The first kappa shape index (κ1) is 12.0. The third-order valence-electron chi connectivity index (χ3n) is 2.68. The molecule has 0 bridgehead atoms. The van der Waals surface area contributed by atoms with Crippen LogP contribution in [0.3, 0.4) is 0 Å². The monoisotopic (exact) mass is 213 g/mol. The molecule has 0 aliphatic carbocycles. The Bertz CT molecular complexity index is 245. The number of amides is 2. The van der Waals surface area contributed by atoms with E-state index >= 15 is 0 Å². The number of hydrogen-bond donors (Lipinski definition) is 0. The summed E-state index contributed by atoms with van der Waals surface area (Å²) in [6.07, 6.45) is 0. The molecule has 1 fully saturated rings. The van der Waals surface area contributed by atoms with Crippen molar-refractivity contribution >= 4 is 11.8 Å². The smallest absolute Gasteiger partial charge is 0.236 e. The molecule has 0 spiro atoms.